The Morgan fingerprint density at radius 1 is 1.24 bits per heavy atom. The van der Waals surface area contributed by atoms with E-state index in [1.54, 1.807) is 4.90 Å². The summed E-state index contributed by atoms with van der Waals surface area (Å²) in [6.45, 7) is 9.16. The van der Waals surface area contributed by atoms with Gasteiger partial charge in [-0.1, -0.05) is 43.3 Å². The van der Waals surface area contributed by atoms with Gasteiger partial charge in [-0.2, -0.15) is 5.26 Å². The molecule has 1 atom stereocenters. The topological polar surface area (TPSA) is 76.4 Å². The van der Waals surface area contributed by atoms with E-state index in [0.29, 0.717) is 26.2 Å². The number of anilines is 1. The number of benzene rings is 1. The molecule has 0 radical (unpaired) electrons. The van der Waals surface area contributed by atoms with Gasteiger partial charge >= 0.3 is 0 Å². The minimum absolute atomic E-state index is 0.119. The van der Waals surface area contributed by atoms with E-state index in [0.717, 1.165) is 66.6 Å². The molecular weight excluding hydrogens is 484 g/mol. The molecule has 1 amide bonds. The summed E-state index contributed by atoms with van der Waals surface area (Å²) in [6, 6.07) is 8.27. The number of aryl methyl sites for hydroxylation is 2. The number of rotatable bonds is 5. The SMILES string of the molecule is C=CC(=O)N1CCN(c2nc(CC)nc3c2CCCN(C2=CCCc4cccc(Cl)c42)C3)C[C@@H]1CC#N. The Bertz CT molecular complexity index is 1280. The molecule has 1 fully saturated rings. The maximum Gasteiger partial charge on any atom is 0.246 e. The molecule has 0 N–H and O–H groups in total. The Balaban J connectivity index is 1.48. The second kappa shape index (κ2) is 10.9. The Kier molecular flexibility index (Phi) is 7.48. The molecule has 0 saturated carbocycles. The molecule has 0 unspecified atom stereocenters. The van der Waals surface area contributed by atoms with E-state index < -0.39 is 0 Å². The molecule has 5 rings (SSSR count). The normalized spacial score (nSPS) is 19.3. The van der Waals surface area contributed by atoms with E-state index in [1.165, 1.54) is 22.9 Å². The van der Waals surface area contributed by atoms with Crippen LogP contribution in [0, 0.1) is 11.3 Å². The van der Waals surface area contributed by atoms with Crippen molar-refractivity contribution in [2.45, 2.75) is 58.0 Å². The lowest BCUT2D eigenvalue weighted by atomic mass is 9.93. The number of amides is 1. The molecule has 37 heavy (non-hydrogen) atoms. The number of nitriles is 1. The van der Waals surface area contributed by atoms with Gasteiger partial charge in [-0.25, -0.2) is 9.97 Å². The number of nitrogens with zero attached hydrogens (tertiary/aromatic N) is 6. The molecule has 3 aliphatic rings. The van der Waals surface area contributed by atoms with Crippen LogP contribution in [0.1, 0.15) is 54.4 Å². The second-order valence-corrected chi connectivity index (χ2v) is 10.3. The first-order valence-electron chi connectivity index (χ1n) is 13.2. The van der Waals surface area contributed by atoms with Crippen LogP contribution in [0.5, 0.6) is 0 Å². The Morgan fingerprint density at radius 2 is 2.11 bits per heavy atom. The zero-order valence-corrected chi connectivity index (χ0v) is 22.2. The lowest BCUT2D eigenvalue weighted by Gasteiger charge is -2.41. The van der Waals surface area contributed by atoms with E-state index in [-0.39, 0.29) is 18.4 Å². The van der Waals surface area contributed by atoms with E-state index >= 15 is 0 Å². The molecule has 1 aliphatic carbocycles. The fraction of sp³-hybridized carbons (Fsp3) is 0.448. The van der Waals surface area contributed by atoms with Gasteiger partial charge in [-0.15, -0.1) is 0 Å². The largest absolute Gasteiger partial charge is 0.365 e. The average molecular weight is 517 g/mol. The van der Waals surface area contributed by atoms with Crippen molar-refractivity contribution >= 4 is 29.0 Å². The molecule has 2 aliphatic heterocycles. The van der Waals surface area contributed by atoms with Crippen molar-refractivity contribution in [2.24, 2.45) is 0 Å². The van der Waals surface area contributed by atoms with Gasteiger partial charge < -0.3 is 14.7 Å². The summed E-state index contributed by atoms with van der Waals surface area (Å²) in [7, 11) is 0. The highest BCUT2D eigenvalue weighted by Crippen LogP contribution is 2.37. The molecule has 0 bridgehead atoms. The lowest BCUT2D eigenvalue weighted by Crippen LogP contribution is -2.55. The minimum Gasteiger partial charge on any atom is -0.365 e. The first kappa shape index (κ1) is 25.3. The molecule has 1 aromatic heterocycles. The monoisotopic (exact) mass is 516 g/mol. The van der Waals surface area contributed by atoms with Crippen molar-refractivity contribution in [1.29, 1.82) is 5.26 Å². The maximum absolute atomic E-state index is 12.4. The molecule has 8 heteroatoms. The van der Waals surface area contributed by atoms with Gasteiger partial charge in [0, 0.05) is 49.4 Å². The third-order valence-electron chi connectivity index (χ3n) is 7.64. The summed E-state index contributed by atoms with van der Waals surface area (Å²) in [5.74, 6) is 1.67. The van der Waals surface area contributed by atoms with Gasteiger partial charge in [-0.3, -0.25) is 4.79 Å². The number of allylic oxidation sites excluding steroid dienone is 1. The number of hydrogen-bond acceptors (Lipinski definition) is 6. The summed E-state index contributed by atoms with van der Waals surface area (Å²) >= 11 is 6.70. The lowest BCUT2D eigenvalue weighted by molar-refractivity contribution is -0.128. The number of fused-ring (bicyclic) bond motifs is 2. The van der Waals surface area contributed by atoms with E-state index in [2.05, 4.69) is 41.5 Å². The Morgan fingerprint density at radius 3 is 2.89 bits per heavy atom. The fourth-order valence-corrected chi connectivity index (χ4v) is 6.13. The standard InChI is InChI=1S/C29H33ClN6O/c1-3-26-32-24-19-34(25-12-6-9-20-8-5-11-23(30)28(20)25)15-7-10-22(24)29(33-26)35-16-17-36(27(37)4-2)21(18-35)13-14-31/h4-5,8,11-12,21H,2-3,6-7,9-10,13,15-19H2,1H3/t21-/m0/s1. The molecule has 7 nitrogen and oxygen atoms in total. The maximum atomic E-state index is 12.4. The number of piperazine rings is 1. The summed E-state index contributed by atoms with van der Waals surface area (Å²) in [4.78, 5) is 28.9. The average Bonchev–Trinajstić information content (AvgIpc) is 3.14. The number of carbonyl (C=O) groups is 1. The van der Waals surface area contributed by atoms with Gasteiger partial charge in [-0.05, 0) is 43.4 Å². The zero-order valence-electron chi connectivity index (χ0n) is 21.4. The van der Waals surface area contributed by atoms with Crippen LogP contribution >= 0.6 is 11.6 Å². The molecule has 2 aromatic rings. The third kappa shape index (κ3) is 4.95. The van der Waals surface area contributed by atoms with Crippen molar-refractivity contribution in [3.8, 4) is 6.07 Å². The van der Waals surface area contributed by atoms with Crippen LogP contribution in [0.25, 0.3) is 5.70 Å². The van der Waals surface area contributed by atoms with Crippen molar-refractivity contribution in [3.05, 3.63) is 70.2 Å². The van der Waals surface area contributed by atoms with Gasteiger partial charge in [0.25, 0.3) is 0 Å². The van der Waals surface area contributed by atoms with Gasteiger partial charge in [0.2, 0.25) is 5.91 Å². The van der Waals surface area contributed by atoms with Crippen molar-refractivity contribution < 1.29 is 4.79 Å². The highest BCUT2D eigenvalue weighted by atomic mass is 35.5. The van der Waals surface area contributed by atoms with Crippen molar-refractivity contribution in [3.63, 3.8) is 0 Å². The first-order valence-corrected chi connectivity index (χ1v) is 13.6. The van der Waals surface area contributed by atoms with Crippen LogP contribution in [0.15, 0.2) is 36.9 Å². The van der Waals surface area contributed by atoms with Crippen molar-refractivity contribution in [2.75, 3.05) is 31.1 Å². The first-order chi connectivity index (χ1) is 18.0. The summed E-state index contributed by atoms with van der Waals surface area (Å²) < 4.78 is 0. The molecule has 1 saturated heterocycles. The Labute approximate surface area is 224 Å². The fourth-order valence-electron chi connectivity index (χ4n) is 5.84. The highest BCUT2D eigenvalue weighted by molar-refractivity contribution is 6.32. The van der Waals surface area contributed by atoms with E-state index in [9.17, 15) is 10.1 Å². The molecule has 192 valence electrons. The molecular formula is C29H33ClN6O. The predicted molar refractivity (Wildman–Crippen MR) is 146 cm³/mol. The number of carbonyl (C=O) groups excluding carboxylic acids is 1. The van der Waals surface area contributed by atoms with Gasteiger partial charge in [0.05, 0.1) is 35.8 Å². The second-order valence-electron chi connectivity index (χ2n) is 9.87. The van der Waals surface area contributed by atoms with Gasteiger partial charge in [0.15, 0.2) is 0 Å². The van der Waals surface area contributed by atoms with Crippen LogP contribution in [-0.2, 0) is 30.6 Å². The highest BCUT2D eigenvalue weighted by Gasteiger charge is 2.33. The Hall–Kier alpha value is -3.37. The number of aromatic nitrogens is 2. The quantitative estimate of drug-likeness (QED) is 0.543. The number of halogens is 1. The van der Waals surface area contributed by atoms with Crippen LogP contribution in [-0.4, -0.2) is 57.9 Å². The van der Waals surface area contributed by atoms with Crippen LogP contribution in [0.3, 0.4) is 0 Å². The zero-order chi connectivity index (χ0) is 25.9. The summed E-state index contributed by atoms with van der Waals surface area (Å²) in [5, 5.41) is 10.2. The predicted octanol–water partition coefficient (Wildman–Crippen LogP) is 4.54. The summed E-state index contributed by atoms with van der Waals surface area (Å²) in [6.07, 6.45) is 8.59. The van der Waals surface area contributed by atoms with E-state index in [1.807, 2.05) is 12.1 Å². The molecule has 3 heterocycles. The van der Waals surface area contributed by atoms with Crippen LogP contribution in [0.4, 0.5) is 5.82 Å². The van der Waals surface area contributed by atoms with Crippen LogP contribution < -0.4 is 4.90 Å². The van der Waals surface area contributed by atoms with Gasteiger partial charge in [0.1, 0.15) is 11.6 Å². The third-order valence-corrected chi connectivity index (χ3v) is 7.96. The molecule has 1 aromatic carbocycles. The van der Waals surface area contributed by atoms with Crippen molar-refractivity contribution in [1.82, 2.24) is 19.8 Å². The minimum atomic E-state index is -0.187. The number of hydrogen-bond donors (Lipinski definition) is 0. The van der Waals surface area contributed by atoms with Crippen LogP contribution in [0.2, 0.25) is 5.02 Å². The molecule has 0 spiro atoms. The summed E-state index contributed by atoms with van der Waals surface area (Å²) in [5.41, 5.74) is 5.94. The van der Waals surface area contributed by atoms with E-state index in [4.69, 9.17) is 21.6 Å². The smallest absolute Gasteiger partial charge is 0.246 e.